The molecule has 174 valence electrons. The van der Waals surface area contributed by atoms with Crippen LogP contribution in [0.15, 0.2) is 28.9 Å². The standard InChI is InChI=1S/C21H22BrClF3N3O3/c1-32-19(31)14-6-2-12(3-7-14)10-27-18(30)16-17(22)28-20(23)29(16)11-13-4-8-15(9-5-13)21(24,25)26/h4-5,8-9,12,14H,2-3,6-7,10-11H2,1H3,(H,27,30)/t12-,14-. The van der Waals surface area contributed by atoms with Gasteiger partial charge in [-0.25, -0.2) is 4.98 Å². The van der Waals surface area contributed by atoms with Crippen molar-refractivity contribution in [3.05, 3.63) is 51.0 Å². The fraction of sp³-hybridized carbons (Fsp3) is 0.476. The highest BCUT2D eigenvalue weighted by Gasteiger charge is 2.30. The molecule has 1 aromatic carbocycles. The first-order valence-electron chi connectivity index (χ1n) is 10.0. The lowest BCUT2D eigenvalue weighted by molar-refractivity contribution is -0.146. The molecule has 6 nitrogen and oxygen atoms in total. The molecule has 1 N–H and O–H groups in total. The SMILES string of the molecule is COC(=O)[C@H]1CC[C@H](CNC(=O)c2c(Br)nc(Cl)n2Cc2ccc(C(F)(F)F)cc2)CC1. The number of esters is 1. The van der Waals surface area contributed by atoms with E-state index in [4.69, 9.17) is 16.3 Å². The van der Waals surface area contributed by atoms with Crippen molar-refractivity contribution < 1.29 is 27.5 Å². The number of rotatable bonds is 6. The number of carbonyl (C=O) groups excluding carboxylic acids is 2. The van der Waals surface area contributed by atoms with E-state index in [0.717, 1.165) is 25.0 Å². The Kier molecular flexibility index (Phi) is 7.87. The molecule has 0 spiro atoms. The lowest BCUT2D eigenvalue weighted by atomic mass is 9.82. The zero-order chi connectivity index (χ0) is 23.5. The van der Waals surface area contributed by atoms with Crippen LogP contribution < -0.4 is 5.32 Å². The van der Waals surface area contributed by atoms with Gasteiger partial charge in [-0.2, -0.15) is 13.2 Å². The molecule has 2 aromatic rings. The maximum atomic E-state index is 12.9. The minimum absolute atomic E-state index is 0.0421. The molecule has 11 heteroatoms. The van der Waals surface area contributed by atoms with Gasteiger partial charge in [0.1, 0.15) is 10.3 Å². The van der Waals surface area contributed by atoms with Gasteiger partial charge in [-0.3, -0.25) is 9.59 Å². The average molecular weight is 537 g/mol. The Morgan fingerprint density at radius 1 is 1.22 bits per heavy atom. The quantitative estimate of drug-likeness (QED) is 0.523. The Labute approximate surface area is 196 Å². The number of amides is 1. The lowest BCUT2D eigenvalue weighted by Gasteiger charge is -2.27. The van der Waals surface area contributed by atoms with Crippen LogP contribution in [0, 0.1) is 11.8 Å². The predicted octanol–water partition coefficient (Wildman–Crippen LogP) is 5.08. The van der Waals surface area contributed by atoms with Crippen molar-refractivity contribution in [2.24, 2.45) is 11.8 Å². The number of imidazole rings is 1. The van der Waals surface area contributed by atoms with Crippen molar-refractivity contribution in [3.8, 4) is 0 Å². The van der Waals surface area contributed by atoms with Gasteiger partial charge in [-0.1, -0.05) is 12.1 Å². The highest BCUT2D eigenvalue weighted by Crippen LogP contribution is 2.31. The number of carbonyl (C=O) groups is 2. The van der Waals surface area contributed by atoms with Gasteiger partial charge in [0.05, 0.1) is 25.1 Å². The molecule has 1 aliphatic carbocycles. The Hall–Kier alpha value is -2.07. The van der Waals surface area contributed by atoms with E-state index in [2.05, 4.69) is 26.2 Å². The molecule has 1 fully saturated rings. The first-order valence-corrected chi connectivity index (χ1v) is 11.2. The minimum atomic E-state index is -4.42. The van der Waals surface area contributed by atoms with Crippen molar-refractivity contribution in [2.45, 2.75) is 38.4 Å². The lowest BCUT2D eigenvalue weighted by Crippen LogP contribution is -2.34. The number of hydrogen-bond donors (Lipinski definition) is 1. The third-order valence-electron chi connectivity index (χ3n) is 5.65. The smallest absolute Gasteiger partial charge is 0.416 e. The van der Waals surface area contributed by atoms with E-state index in [9.17, 15) is 22.8 Å². The van der Waals surface area contributed by atoms with Crippen molar-refractivity contribution >= 4 is 39.4 Å². The maximum Gasteiger partial charge on any atom is 0.416 e. The van der Waals surface area contributed by atoms with E-state index >= 15 is 0 Å². The molecule has 0 saturated heterocycles. The summed E-state index contributed by atoms with van der Waals surface area (Å²) < 4.78 is 44.8. The molecule has 3 rings (SSSR count). The van der Waals surface area contributed by atoms with Gasteiger partial charge in [-0.15, -0.1) is 0 Å². The molecule has 0 atom stereocenters. The Morgan fingerprint density at radius 3 is 2.41 bits per heavy atom. The molecule has 1 aromatic heterocycles. The summed E-state index contributed by atoms with van der Waals surface area (Å²) in [6.07, 6.45) is -1.39. The predicted molar refractivity (Wildman–Crippen MR) is 115 cm³/mol. The van der Waals surface area contributed by atoms with Gasteiger partial charge in [0, 0.05) is 6.54 Å². The van der Waals surface area contributed by atoms with Crippen molar-refractivity contribution in [1.29, 1.82) is 0 Å². The van der Waals surface area contributed by atoms with Gasteiger partial charge in [0.2, 0.25) is 5.28 Å². The molecular weight excluding hydrogens is 515 g/mol. The second-order valence-electron chi connectivity index (χ2n) is 7.75. The van der Waals surface area contributed by atoms with Crippen LogP contribution in [0.3, 0.4) is 0 Å². The largest absolute Gasteiger partial charge is 0.469 e. The summed E-state index contributed by atoms with van der Waals surface area (Å²) in [5, 5.41) is 2.92. The summed E-state index contributed by atoms with van der Waals surface area (Å²) in [6.45, 7) is 0.519. The number of alkyl halides is 3. The topological polar surface area (TPSA) is 73.2 Å². The first-order chi connectivity index (χ1) is 15.1. The van der Waals surface area contributed by atoms with E-state index < -0.39 is 17.6 Å². The molecule has 1 saturated carbocycles. The third kappa shape index (κ3) is 5.83. The highest BCUT2D eigenvalue weighted by atomic mass is 79.9. The number of methoxy groups -OCH3 is 1. The van der Waals surface area contributed by atoms with Crippen LogP contribution in [-0.4, -0.2) is 35.1 Å². The Bertz CT molecular complexity index is 971. The highest BCUT2D eigenvalue weighted by molar-refractivity contribution is 9.10. The molecule has 1 aliphatic rings. The van der Waals surface area contributed by atoms with Crippen molar-refractivity contribution in [3.63, 3.8) is 0 Å². The molecule has 0 bridgehead atoms. The van der Waals surface area contributed by atoms with E-state index in [-0.39, 0.29) is 39.9 Å². The van der Waals surface area contributed by atoms with Crippen LogP contribution >= 0.6 is 27.5 Å². The van der Waals surface area contributed by atoms with E-state index in [1.165, 1.54) is 23.8 Å². The number of aromatic nitrogens is 2. The van der Waals surface area contributed by atoms with Gasteiger partial charge in [-0.05, 0) is 76.8 Å². The molecule has 1 heterocycles. The molecule has 1 amide bonds. The third-order valence-corrected chi connectivity index (χ3v) is 6.49. The number of nitrogens with zero attached hydrogens (tertiary/aromatic N) is 2. The van der Waals surface area contributed by atoms with Gasteiger partial charge in [0.25, 0.3) is 5.91 Å². The monoisotopic (exact) mass is 535 g/mol. The summed E-state index contributed by atoms with van der Waals surface area (Å²) in [4.78, 5) is 28.6. The zero-order valence-corrected chi connectivity index (χ0v) is 19.6. The second kappa shape index (κ2) is 10.2. The van der Waals surface area contributed by atoms with Gasteiger partial charge >= 0.3 is 12.1 Å². The summed E-state index contributed by atoms with van der Waals surface area (Å²) in [6, 6.07) is 4.65. The first kappa shape index (κ1) is 24.6. The summed E-state index contributed by atoms with van der Waals surface area (Å²) in [5.41, 5.74) is -0.0165. The average Bonchev–Trinajstić information content (AvgIpc) is 3.04. The molecule has 0 aliphatic heterocycles. The second-order valence-corrected chi connectivity index (χ2v) is 8.84. The van der Waals surface area contributed by atoms with E-state index in [1.54, 1.807) is 0 Å². The summed E-state index contributed by atoms with van der Waals surface area (Å²) >= 11 is 9.41. The number of ether oxygens (including phenoxy) is 1. The Balaban J connectivity index is 1.64. The fourth-order valence-electron chi connectivity index (χ4n) is 3.83. The number of hydrogen-bond acceptors (Lipinski definition) is 4. The molecule has 32 heavy (non-hydrogen) atoms. The zero-order valence-electron chi connectivity index (χ0n) is 17.2. The van der Waals surface area contributed by atoms with Crippen molar-refractivity contribution in [2.75, 3.05) is 13.7 Å². The molecular formula is C21H22BrClF3N3O3. The van der Waals surface area contributed by atoms with Gasteiger partial charge in [0.15, 0.2) is 0 Å². The van der Waals surface area contributed by atoms with Crippen molar-refractivity contribution in [1.82, 2.24) is 14.9 Å². The van der Waals surface area contributed by atoms with Gasteiger partial charge < -0.3 is 14.6 Å². The summed E-state index contributed by atoms with van der Waals surface area (Å²) in [7, 11) is 1.38. The van der Waals surface area contributed by atoms with E-state index in [1.807, 2.05) is 0 Å². The van der Waals surface area contributed by atoms with E-state index in [0.29, 0.717) is 24.9 Å². The van der Waals surface area contributed by atoms with Crippen LogP contribution in [0.4, 0.5) is 13.2 Å². The van der Waals surface area contributed by atoms with Crippen LogP contribution in [0.5, 0.6) is 0 Å². The van der Waals surface area contributed by atoms with Crippen LogP contribution in [0.2, 0.25) is 5.28 Å². The normalized spacial score (nSPS) is 18.9. The van der Waals surface area contributed by atoms with Crippen LogP contribution in [0.25, 0.3) is 0 Å². The number of halogens is 5. The molecule has 0 radical (unpaired) electrons. The molecule has 0 unspecified atom stereocenters. The minimum Gasteiger partial charge on any atom is -0.469 e. The Morgan fingerprint density at radius 2 is 1.84 bits per heavy atom. The van der Waals surface area contributed by atoms with Crippen LogP contribution in [-0.2, 0) is 22.3 Å². The maximum absolute atomic E-state index is 12.9. The number of nitrogens with one attached hydrogen (secondary N) is 1. The number of benzene rings is 1. The summed E-state index contributed by atoms with van der Waals surface area (Å²) in [5.74, 6) is -0.443. The van der Waals surface area contributed by atoms with Crippen LogP contribution in [0.1, 0.15) is 47.3 Å². The fourth-order valence-corrected chi connectivity index (χ4v) is 4.72.